The van der Waals surface area contributed by atoms with Crippen molar-refractivity contribution in [3.8, 4) is 0 Å². The summed E-state index contributed by atoms with van der Waals surface area (Å²) in [5, 5.41) is 17.1. The zero-order valence-electron chi connectivity index (χ0n) is 8.83. The van der Waals surface area contributed by atoms with Gasteiger partial charge in [-0.1, -0.05) is 35.5 Å². The van der Waals surface area contributed by atoms with Gasteiger partial charge in [0.1, 0.15) is 12.7 Å². The molecule has 16 heavy (non-hydrogen) atoms. The molecule has 0 aliphatic heterocycles. The summed E-state index contributed by atoms with van der Waals surface area (Å²) >= 11 is 5.07. The highest BCUT2D eigenvalue weighted by molar-refractivity contribution is 8.28. The van der Waals surface area contributed by atoms with Gasteiger partial charge in [-0.3, -0.25) is 10.5 Å². The largest absolute Gasteiger partial charge is 0.251 e. The van der Waals surface area contributed by atoms with Crippen LogP contribution in [-0.2, 0) is 37.0 Å². The first-order chi connectivity index (χ1) is 7.67. The molecule has 0 saturated carbocycles. The fourth-order valence-corrected chi connectivity index (χ4v) is 2.35. The Kier molecular flexibility index (Phi) is 6.04. The molecule has 1 aromatic rings. The molecule has 0 fully saturated rings. The van der Waals surface area contributed by atoms with Crippen molar-refractivity contribution in [2.45, 2.75) is 12.7 Å². The van der Waals surface area contributed by atoms with Crippen LogP contribution in [0.3, 0.4) is 0 Å². The Morgan fingerprint density at radius 1 is 1.31 bits per heavy atom. The van der Waals surface area contributed by atoms with Crippen LogP contribution in [-0.4, -0.2) is 22.5 Å². The van der Waals surface area contributed by atoms with Crippen LogP contribution in [0, 0.1) is 0 Å². The average Bonchev–Trinajstić information content (AvgIpc) is 2.27. The first kappa shape index (κ1) is 13.7. The third kappa shape index (κ3) is 4.25. The summed E-state index contributed by atoms with van der Waals surface area (Å²) < 4.78 is 0. The van der Waals surface area contributed by atoms with Crippen molar-refractivity contribution in [1.29, 1.82) is 0 Å². The van der Waals surface area contributed by atoms with Gasteiger partial charge in [-0.2, -0.15) is 0 Å². The zero-order chi connectivity index (χ0) is 12.0. The second-order valence-electron chi connectivity index (χ2n) is 3.35. The highest BCUT2D eigenvalue weighted by Gasteiger charge is 2.12. The Morgan fingerprint density at radius 3 is 2.38 bits per heavy atom. The number of hydrogen-bond donors (Lipinski definition) is 2. The van der Waals surface area contributed by atoms with Crippen LogP contribution in [0.5, 0.6) is 0 Å². The molecular weight excluding hydrogens is 248 g/mol. The van der Waals surface area contributed by atoms with E-state index in [0.717, 1.165) is 11.1 Å². The van der Waals surface area contributed by atoms with Gasteiger partial charge in [-0.05, 0) is 17.4 Å². The molecule has 0 saturated heterocycles. The van der Waals surface area contributed by atoms with E-state index >= 15 is 0 Å². The van der Waals surface area contributed by atoms with E-state index in [0.29, 0.717) is 5.75 Å². The van der Waals surface area contributed by atoms with E-state index < -0.39 is 6.10 Å². The van der Waals surface area contributed by atoms with Crippen molar-refractivity contribution in [2.75, 3.05) is 12.0 Å². The number of benzene rings is 1. The van der Waals surface area contributed by atoms with Gasteiger partial charge in [0.25, 0.3) is 0 Å². The Labute approximate surface area is 101 Å². The zero-order valence-corrected chi connectivity index (χ0v) is 10.5. The third-order valence-corrected chi connectivity index (χ3v) is 3.28. The van der Waals surface area contributed by atoms with E-state index in [-0.39, 0.29) is 16.1 Å². The maximum absolute atomic E-state index is 8.79. The quantitative estimate of drug-likeness (QED) is 0.606. The van der Waals surface area contributed by atoms with Crippen LogP contribution in [0.15, 0.2) is 24.3 Å². The van der Waals surface area contributed by atoms with E-state index in [9.17, 15) is 0 Å². The molecule has 0 spiro atoms. The highest BCUT2D eigenvalue weighted by Crippen LogP contribution is 2.18. The van der Waals surface area contributed by atoms with E-state index in [2.05, 4.69) is 9.78 Å². The average molecular weight is 262 g/mol. The molecule has 0 aliphatic rings. The van der Waals surface area contributed by atoms with E-state index in [1.807, 2.05) is 18.4 Å². The molecule has 0 heterocycles. The molecule has 6 heteroatoms. The van der Waals surface area contributed by atoms with Crippen molar-refractivity contribution in [2.24, 2.45) is 0 Å². The summed E-state index contributed by atoms with van der Waals surface area (Å²) in [5.74, 6) is 0.599. The van der Waals surface area contributed by atoms with Gasteiger partial charge in [-0.25, -0.2) is 9.78 Å². The molecule has 0 bridgehead atoms. The van der Waals surface area contributed by atoms with E-state index in [1.165, 1.54) is 0 Å². The van der Waals surface area contributed by atoms with Crippen molar-refractivity contribution in [3.63, 3.8) is 0 Å². The predicted octanol–water partition coefficient (Wildman–Crippen LogP) is 1.92. The summed E-state index contributed by atoms with van der Waals surface area (Å²) in [6.45, 7) is 0.143. The fourth-order valence-electron chi connectivity index (χ4n) is 1.30. The lowest BCUT2D eigenvalue weighted by molar-refractivity contribution is -0.275. The second-order valence-corrected chi connectivity index (χ2v) is 6.54. The lowest BCUT2D eigenvalue weighted by Crippen LogP contribution is -2.10. The maximum atomic E-state index is 8.79. The van der Waals surface area contributed by atoms with Crippen molar-refractivity contribution >= 4 is 20.6 Å². The Hall–Kier alpha value is -0.370. The van der Waals surface area contributed by atoms with Gasteiger partial charge in [0.2, 0.25) is 0 Å². The number of hydrogen-bond acceptors (Lipinski definition) is 5. The van der Waals surface area contributed by atoms with Crippen LogP contribution < -0.4 is 0 Å². The van der Waals surface area contributed by atoms with Crippen LogP contribution >= 0.6 is 0 Å². The molecule has 0 aliphatic carbocycles. The van der Waals surface area contributed by atoms with Gasteiger partial charge < -0.3 is 0 Å². The van der Waals surface area contributed by atoms with Crippen LogP contribution in [0.2, 0.25) is 0 Å². The topological polar surface area (TPSA) is 58.9 Å². The highest BCUT2D eigenvalue weighted by atomic mass is 32.8. The lowest BCUT2D eigenvalue weighted by Gasteiger charge is -2.13. The molecule has 1 rings (SSSR count). The minimum atomic E-state index is -0.394. The molecule has 2 N–H and O–H groups in total. The molecule has 90 valence electrons. The third-order valence-electron chi connectivity index (χ3n) is 2.10. The summed E-state index contributed by atoms with van der Waals surface area (Å²) in [6.07, 6.45) is 1.52. The van der Waals surface area contributed by atoms with Gasteiger partial charge in [0.15, 0.2) is 0 Å². The van der Waals surface area contributed by atoms with Crippen LogP contribution in [0.1, 0.15) is 17.2 Å². The molecule has 2 unspecified atom stereocenters. The lowest BCUT2D eigenvalue weighted by atomic mass is 10.1. The maximum Gasteiger partial charge on any atom is 0.127 e. The molecule has 0 amide bonds. The van der Waals surface area contributed by atoms with Crippen molar-refractivity contribution < 1.29 is 20.3 Å². The summed E-state index contributed by atoms with van der Waals surface area (Å²) in [6, 6.07) is 7.23. The minimum Gasteiger partial charge on any atom is -0.251 e. The number of rotatable bonds is 6. The van der Waals surface area contributed by atoms with Crippen molar-refractivity contribution in [1.82, 2.24) is 0 Å². The first-order valence-electron chi connectivity index (χ1n) is 4.62. The van der Waals surface area contributed by atoms with E-state index in [1.54, 1.807) is 12.1 Å². The van der Waals surface area contributed by atoms with Gasteiger partial charge in [-0.15, -0.1) is 9.45 Å². The second kappa shape index (κ2) is 7.05. The van der Waals surface area contributed by atoms with E-state index in [4.69, 9.17) is 21.7 Å². The fraction of sp³-hybridized carbons (Fsp3) is 0.400. The summed E-state index contributed by atoms with van der Waals surface area (Å²) in [4.78, 5) is 8.43. The molecule has 2 atom stereocenters. The Balaban J connectivity index is 2.73. The minimum absolute atomic E-state index is 0.143. The van der Waals surface area contributed by atoms with Crippen molar-refractivity contribution in [3.05, 3.63) is 35.4 Å². The SMILES string of the molecule is CS(=S)CC(OO)c1ccc(COO)cc1. The molecule has 0 radical (unpaired) electrons. The predicted molar refractivity (Wildman–Crippen MR) is 65.8 cm³/mol. The van der Waals surface area contributed by atoms with Crippen LogP contribution in [0.25, 0.3) is 0 Å². The first-order valence-corrected chi connectivity index (χ1v) is 7.35. The smallest absolute Gasteiger partial charge is 0.127 e. The Morgan fingerprint density at radius 2 is 1.94 bits per heavy atom. The summed E-state index contributed by atoms with van der Waals surface area (Å²) in [5.41, 5.74) is 1.70. The standard InChI is InChI=1S/C10H14O4S2/c1-16(15)7-10(14-12)9-4-2-8(3-5-9)6-13-11/h2-5,10-12H,6-7H2,1H3. The molecule has 1 aromatic carbocycles. The molecular formula is C10H14O4S2. The monoisotopic (exact) mass is 262 g/mol. The van der Waals surface area contributed by atoms with Gasteiger partial charge >= 0.3 is 0 Å². The normalized spacial score (nSPS) is 14.7. The van der Waals surface area contributed by atoms with Gasteiger partial charge in [0.05, 0.1) is 0 Å². The molecule has 0 aromatic heterocycles. The Bertz CT molecular complexity index is 339. The molecule has 4 nitrogen and oxygen atoms in total. The summed E-state index contributed by atoms with van der Waals surface area (Å²) in [7, 11) is -0.221. The van der Waals surface area contributed by atoms with Gasteiger partial charge in [0, 0.05) is 5.75 Å². The van der Waals surface area contributed by atoms with Crippen LogP contribution in [0.4, 0.5) is 0 Å².